The Kier molecular flexibility index (Phi) is 6.99. The maximum Gasteiger partial charge on any atom is 0.191 e. The fourth-order valence-corrected chi connectivity index (χ4v) is 4.82. The van der Waals surface area contributed by atoms with Gasteiger partial charge < -0.3 is 19.9 Å². The van der Waals surface area contributed by atoms with E-state index in [0.717, 1.165) is 63.2 Å². The second kappa shape index (κ2) is 10.1. The van der Waals surface area contributed by atoms with E-state index in [4.69, 9.17) is 4.74 Å². The first kappa shape index (κ1) is 20.8. The lowest BCUT2D eigenvalue weighted by Crippen LogP contribution is -2.46. The number of para-hydroxylation sites is 2. The standard InChI is InChI=1S/C22H30N6OS/c1-17-26-18-6-3-4-7-19(18)28(17)10-9-24-22(23-2)25-16-20(21-8-5-15-30-21)27-11-13-29-14-12-27/h3-8,15,20H,9-14,16H2,1-2H3,(H2,23,24,25). The van der Waals surface area contributed by atoms with Crippen LogP contribution in [0.2, 0.25) is 0 Å². The average Bonchev–Trinajstić information content (AvgIpc) is 3.41. The van der Waals surface area contributed by atoms with Crippen LogP contribution in [0.1, 0.15) is 16.7 Å². The van der Waals surface area contributed by atoms with Gasteiger partial charge in [-0.1, -0.05) is 18.2 Å². The van der Waals surface area contributed by atoms with Gasteiger partial charge >= 0.3 is 0 Å². The molecule has 1 fully saturated rings. The van der Waals surface area contributed by atoms with Gasteiger partial charge in [0.2, 0.25) is 0 Å². The van der Waals surface area contributed by atoms with Crippen molar-refractivity contribution in [1.82, 2.24) is 25.1 Å². The molecule has 7 nitrogen and oxygen atoms in total. The number of aliphatic imine (C=N–C) groups is 1. The van der Waals surface area contributed by atoms with E-state index in [9.17, 15) is 0 Å². The van der Waals surface area contributed by atoms with Gasteiger partial charge in [-0.2, -0.15) is 0 Å². The van der Waals surface area contributed by atoms with Crippen molar-refractivity contribution < 1.29 is 4.74 Å². The highest BCUT2D eigenvalue weighted by atomic mass is 32.1. The van der Waals surface area contributed by atoms with Gasteiger partial charge in [0.1, 0.15) is 5.82 Å². The Labute approximate surface area is 181 Å². The molecule has 160 valence electrons. The number of benzene rings is 1. The van der Waals surface area contributed by atoms with Crippen molar-refractivity contribution >= 4 is 28.3 Å². The van der Waals surface area contributed by atoms with E-state index in [-0.39, 0.29) is 0 Å². The number of guanidine groups is 1. The highest BCUT2D eigenvalue weighted by Gasteiger charge is 2.23. The van der Waals surface area contributed by atoms with Crippen LogP contribution in [0.25, 0.3) is 11.0 Å². The summed E-state index contributed by atoms with van der Waals surface area (Å²) in [5.74, 6) is 1.86. The first-order chi connectivity index (χ1) is 14.8. The van der Waals surface area contributed by atoms with Gasteiger partial charge in [-0.15, -0.1) is 11.3 Å². The number of fused-ring (bicyclic) bond motifs is 1. The molecular weight excluding hydrogens is 396 g/mol. The van der Waals surface area contributed by atoms with Crippen LogP contribution in [0, 0.1) is 6.92 Å². The predicted molar refractivity (Wildman–Crippen MR) is 123 cm³/mol. The van der Waals surface area contributed by atoms with Gasteiger partial charge in [-0.25, -0.2) is 4.98 Å². The molecule has 1 saturated heterocycles. The highest BCUT2D eigenvalue weighted by molar-refractivity contribution is 7.10. The first-order valence-corrected chi connectivity index (χ1v) is 11.4. The number of imidazole rings is 1. The predicted octanol–water partition coefficient (Wildman–Crippen LogP) is 2.64. The molecule has 0 spiro atoms. The molecule has 1 aliphatic rings. The fraction of sp³-hybridized carbons (Fsp3) is 0.455. The summed E-state index contributed by atoms with van der Waals surface area (Å²) >= 11 is 1.81. The second-order valence-electron chi connectivity index (χ2n) is 7.36. The molecule has 1 aliphatic heterocycles. The zero-order chi connectivity index (χ0) is 20.8. The minimum atomic E-state index is 0.326. The molecule has 1 aromatic carbocycles. The number of rotatable bonds is 7. The zero-order valence-corrected chi connectivity index (χ0v) is 18.5. The molecule has 0 bridgehead atoms. The van der Waals surface area contributed by atoms with Gasteiger partial charge in [0, 0.05) is 44.6 Å². The summed E-state index contributed by atoms with van der Waals surface area (Å²) in [5.41, 5.74) is 2.21. The van der Waals surface area contributed by atoms with Crippen LogP contribution in [0.15, 0.2) is 46.8 Å². The Bertz CT molecular complexity index is 961. The lowest BCUT2D eigenvalue weighted by Gasteiger charge is -2.34. The molecule has 2 aromatic heterocycles. The summed E-state index contributed by atoms with van der Waals surface area (Å²) in [5, 5.41) is 9.13. The van der Waals surface area contributed by atoms with Crippen LogP contribution >= 0.6 is 11.3 Å². The monoisotopic (exact) mass is 426 g/mol. The van der Waals surface area contributed by atoms with E-state index in [2.05, 4.69) is 72.7 Å². The summed E-state index contributed by atoms with van der Waals surface area (Å²) in [7, 11) is 1.82. The molecular formula is C22H30N6OS. The summed E-state index contributed by atoms with van der Waals surface area (Å²) in [6, 6.07) is 12.9. The molecule has 3 aromatic rings. The Morgan fingerprint density at radius 1 is 1.20 bits per heavy atom. The summed E-state index contributed by atoms with van der Waals surface area (Å²) in [4.78, 5) is 12.9. The minimum Gasteiger partial charge on any atom is -0.379 e. The first-order valence-electron chi connectivity index (χ1n) is 10.5. The third kappa shape index (κ3) is 4.83. The van der Waals surface area contributed by atoms with Crippen molar-refractivity contribution in [3.63, 3.8) is 0 Å². The summed E-state index contributed by atoms with van der Waals surface area (Å²) < 4.78 is 7.79. The molecule has 30 heavy (non-hydrogen) atoms. The average molecular weight is 427 g/mol. The van der Waals surface area contributed by atoms with Crippen LogP contribution in [0.3, 0.4) is 0 Å². The van der Waals surface area contributed by atoms with Crippen molar-refractivity contribution in [2.24, 2.45) is 4.99 Å². The third-order valence-electron chi connectivity index (χ3n) is 5.52. The Morgan fingerprint density at radius 2 is 2.03 bits per heavy atom. The fourth-order valence-electron chi connectivity index (χ4n) is 3.96. The molecule has 0 aliphatic carbocycles. The lowest BCUT2D eigenvalue weighted by atomic mass is 10.2. The largest absolute Gasteiger partial charge is 0.379 e. The van der Waals surface area contributed by atoms with Gasteiger partial charge in [0.15, 0.2) is 5.96 Å². The number of aryl methyl sites for hydroxylation is 1. The molecule has 0 radical (unpaired) electrons. The number of thiophene rings is 1. The quantitative estimate of drug-likeness (QED) is 0.449. The van der Waals surface area contributed by atoms with E-state index < -0.39 is 0 Å². The number of hydrogen-bond donors (Lipinski definition) is 2. The van der Waals surface area contributed by atoms with E-state index in [0.29, 0.717) is 6.04 Å². The smallest absolute Gasteiger partial charge is 0.191 e. The van der Waals surface area contributed by atoms with Crippen LogP contribution < -0.4 is 10.6 Å². The molecule has 4 rings (SSSR count). The molecule has 2 N–H and O–H groups in total. The maximum absolute atomic E-state index is 5.54. The van der Waals surface area contributed by atoms with Gasteiger partial charge in [0.25, 0.3) is 0 Å². The van der Waals surface area contributed by atoms with Crippen LogP contribution in [0.4, 0.5) is 0 Å². The Balaban J connectivity index is 1.34. The van der Waals surface area contributed by atoms with Crippen molar-refractivity contribution in [2.75, 3.05) is 46.4 Å². The Morgan fingerprint density at radius 3 is 2.80 bits per heavy atom. The SMILES string of the molecule is CN=C(NCCn1c(C)nc2ccccc21)NCC(c1cccs1)N1CCOCC1. The Hall–Kier alpha value is -2.42. The van der Waals surface area contributed by atoms with Crippen molar-refractivity contribution in [3.8, 4) is 0 Å². The molecule has 1 unspecified atom stereocenters. The highest BCUT2D eigenvalue weighted by Crippen LogP contribution is 2.25. The van der Waals surface area contributed by atoms with Gasteiger partial charge in [-0.05, 0) is 30.5 Å². The van der Waals surface area contributed by atoms with E-state index >= 15 is 0 Å². The summed E-state index contributed by atoms with van der Waals surface area (Å²) in [6.07, 6.45) is 0. The van der Waals surface area contributed by atoms with Gasteiger partial charge in [-0.3, -0.25) is 9.89 Å². The maximum atomic E-state index is 5.54. The zero-order valence-electron chi connectivity index (χ0n) is 17.7. The van der Waals surface area contributed by atoms with Crippen LogP contribution in [0.5, 0.6) is 0 Å². The number of ether oxygens (including phenoxy) is 1. The van der Waals surface area contributed by atoms with Crippen LogP contribution in [-0.2, 0) is 11.3 Å². The normalized spacial score (nSPS) is 16.7. The number of hydrogen-bond acceptors (Lipinski definition) is 5. The molecule has 1 atom stereocenters. The van der Waals surface area contributed by atoms with Crippen molar-refractivity contribution in [2.45, 2.75) is 19.5 Å². The molecule has 3 heterocycles. The van der Waals surface area contributed by atoms with E-state index in [1.807, 2.05) is 24.5 Å². The number of aromatic nitrogens is 2. The molecule has 0 amide bonds. The third-order valence-corrected chi connectivity index (χ3v) is 6.49. The van der Waals surface area contributed by atoms with Gasteiger partial charge in [0.05, 0.1) is 30.3 Å². The van der Waals surface area contributed by atoms with E-state index in [1.54, 1.807) is 0 Å². The number of nitrogens with one attached hydrogen (secondary N) is 2. The van der Waals surface area contributed by atoms with E-state index in [1.165, 1.54) is 10.4 Å². The van der Waals surface area contributed by atoms with Crippen molar-refractivity contribution in [3.05, 3.63) is 52.5 Å². The number of morpholine rings is 1. The van der Waals surface area contributed by atoms with Crippen molar-refractivity contribution in [1.29, 1.82) is 0 Å². The molecule has 8 heteroatoms. The number of nitrogens with zero attached hydrogens (tertiary/aromatic N) is 4. The lowest BCUT2D eigenvalue weighted by molar-refractivity contribution is 0.0177. The second-order valence-corrected chi connectivity index (χ2v) is 8.34. The van der Waals surface area contributed by atoms with Crippen LogP contribution in [-0.4, -0.2) is 66.9 Å². The topological polar surface area (TPSA) is 66.7 Å². The molecule has 0 saturated carbocycles. The summed E-state index contributed by atoms with van der Waals surface area (Å²) in [6.45, 7) is 8.01. The minimum absolute atomic E-state index is 0.326.